The van der Waals surface area contributed by atoms with Crippen molar-refractivity contribution < 1.29 is 4.74 Å². The molecule has 1 atom stereocenters. The van der Waals surface area contributed by atoms with Crippen LogP contribution in [0.4, 0.5) is 0 Å². The SMILES string of the molecule is COc1ccc(CN2CCC(N)C2)c(C)c1. The molecule has 0 aromatic heterocycles. The van der Waals surface area contributed by atoms with Gasteiger partial charge in [-0.15, -0.1) is 0 Å². The minimum atomic E-state index is 0.360. The van der Waals surface area contributed by atoms with Crippen LogP contribution in [0.25, 0.3) is 0 Å². The quantitative estimate of drug-likeness (QED) is 0.839. The number of benzene rings is 1. The number of aryl methyl sites for hydroxylation is 1. The van der Waals surface area contributed by atoms with E-state index in [1.54, 1.807) is 7.11 Å². The fourth-order valence-electron chi connectivity index (χ4n) is 2.22. The van der Waals surface area contributed by atoms with Crippen molar-refractivity contribution in [3.63, 3.8) is 0 Å². The Morgan fingerprint density at radius 1 is 1.50 bits per heavy atom. The maximum Gasteiger partial charge on any atom is 0.119 e. The number of likely N-dealkylation sites (tertiary alicyclic amines) is 1. The first-order valence-electron chi connectivity index (χ1n) is 5.80. The molecular weight excluding hydrogens is 200 g/mol. The van der Waals surface area contributed by atoms with Gasteiger partial charge >= 0.3 is 0 Å². The number of hydrogen-bond donors (Lipinski definition) is 1. The molecule has 3 heteroatoms. The molecule has 0 bridgehead atoms. The number of methoxy groups -OCH3 is 1. The molecule has 1 aliphatic heterocycles. The summed E-state index contributed by atoms with van der Waals surface area (Å²) in [7, 11) is 1.70. The Labute approximate surface area is 97.2 Å². The molecule has 0 amide bonds. The van der Waals surface area contributed by atoms with Crippen molar-refractivity contribution in [2.75, 3.05) is 20.2 Å². The monoisotopic (exact) mass is 220 g/mol. The van der Waals surface area contributed by atoms with Gasteiger partial charge in [-0.3, -0.25) is 4.90 Å². The molecule has 2 rings (SSSR count). The van der Waals surface area contributed by atoms with Crippen LogP contribution in [0.3, 0.4) is 0 Å². The zero-order valence-electron chi connectivity index (χ0n) is 10.1. The summed E-state index contributed by atoms with van der Waals surface area (Å²) in [6.45, 7) is 5.27. The molecule has 0 radical (unpaired) electrons. The Morgan fingerprint density at radius 3 is 2.88 bits per heavy atom. The third kappa shape index (κ3) is 2.54. The molecule has 16 heavy (non-hydrogen) atoms. The summed E-state index contributed by atoms with van der Waals surface area (Å²) in [4.78, 5) is 2.42. The van der Waals surface area contributed by atoms with Crippen molar-refractivity contribution in [1.82, 2.24) is 4.90 Å². The summed E-state index contributed by atoms with van der Waals surface area (Å²) in [5.74, 6) is 0.930. The highest BCUT2D eigenvalue weighted by Crippen LogP contribution is 2.19. The number of rotatable bonds is 3. The van der Waals surface area contributed by atoms with Crippen molar-refractivity contribution in [1.29, 1.82) is 0 Å². The van der Waals surface area contributed by atoms with Crippen molar-refractivity contribution in [3.8, 4) is 5.75 Å². The predicted molar refractivity (Wildman–Crippen MR) is 65.6 cm³/mol. The molecule has 1 aliphatic rings. The van der Waals surface area contributed by atoms with E-state index in [1.807, 2.05) is 6.07 Å². The van der Waals surface area contributed by atoms with Crippen LogP contribution in [0.2, 0.25) is 0 Å². The minimum Gasteiger partial charge on any atom is -0.497 e. The molecule has 88 valence electrons. The van der Waals surface area contributed by atoms with E-state index in [4.69, 9.17) is 10.5 Å². The van der Waals surface area contributed by atoms with Crippen LogP contribution in [0.15, 0.2) is 18.2 Å². The average Bonchev–Trinajstić information content (AvgIpc) is 2.67. The Bertz CT molecular complexity index is 365. The second kappa shape index (κ2) is 4.85. The van der Waals surface area contributed by atoms with E-state index < -0.39 is 0 Å². The van der Waals surface area contributed by atoms with Crippen LogP contribution in [0, 0.1) is 6.92 Å². The van der Waals surface area contributed by atoms with Crippen LogP contribution >= 0.6 is 0 Å². The Kier molecular flexibility index (Phi) is 3.46. The first-order chi connectivity index (χ1) is 7.69. The summed E-state index contributed by atoms with van der Waals surface area (Å²) in [6, 6.07) is 6.63. The van der Waals surface area contributed by atoms with E-state index in [-0.39, 0.29) is 0 Å². The van der Waals surface area contributed by atoms with E-state index in [2.05, 4.69) is 24.0 Å². The average molecular weight is 220 g/mol. The number of ether oxygens (including phenoxy) is 1. The zero-order valence-corrected chi connectivity index (χ0v) is 10.1. The normalized spacial score (nSPS) is 21.3. The van der Waals surface area contributed by atoms with Crippen LogP contribution in [0.1, 0.15) is 17.5 Å². The van der Waals surface area contributed by atoms with Gasteiger partial charge in [-0.05, 0) is 36.6 Å². The van der Waals surface area contributed by atoms with Gasteiger partial charge in [0.15, 0.2) is 0 Å². The van der Waals surface area contributed by atoms with Gasteiger partial charge in [0, 0.05) is 25.7 Å². The van der Waals surface area contributed by atoms with E-state index >= 15 is 0 Å². The summed E-state index contributed by atoms with van der Waals surface area (Å²) in [5, 5.41) is 0. The maximum absolute atomic E-state index is 5.90. The molecular formula is C13H20N2O. The highest BCUT2D eigenvalue weighted by atomic mass is 16.5. The number of nitrogens with two attached hydrogens (primary N) is 1. The molecule has 1 heterocycles. The molecule has 1 aromatic rings. The van der Waals surface area contributed by atoms with Crippen LogP contribution in [-0.4, -0.2) is 31.1 Å². The standard InChI is InChI=1S/C13H20N2O/c1-10-7-13(16-2)4-3-11(10)8-15-6-5-12(14)9-15/h3-4,7,12H,5-6,8-9,14H2,1-2H3. The smallest absolute Gasteiger partial charge is 0.119 e. The van der Waals surface area contributed by atoms with Gasteiger partial charge in [0.25, 0.3) is 0 Å². The Hall–Kier alpha value is -1.06. The molecule has 0 saturated carbocycles. The lowest BCUT2D eigenvalue weighted by Crippen LogP contribution is -2.26. The third-order valence-electron chi connectivity index (χ3n) is 3.25. The second-order valence-electron chi connectivity index (χ2n) is 4.58. The number of nitrogens with zero attached hydrogens (tertiary/aromatic N) is 1. The number of hydrogen-bond acceptors (Lipinski definition) is 3. The fraction of sp³-hybridized carbons (Fsp3) is 0.538. The topological polar surface area (TPSA) is 38.5 Å². The maximum atomic E-state index is 5.90. The summed E-state index contributed by atoms with van der Waals surface area (Å²) in [5.41, 5.74) is 8.56. The largest absolute Gasteiger partial charge is 0.497 e. The van der Waals surface area contributed by atoms with Gasteiger partial charge < -0.3 is 10.5 Å². The van der Waals surface area contributed by atoms with E-state index in [9.17, 15) is 0 Å². The summed E-state index contributed by atoms with van der Waals surface area (Å²) in [6.07, 6.45) is 1.12. The molecule has 1 fully saturated rings. The van der Waals surface area contributed by atoms with Gasteiger partial charge in [0.05, 0.1) is 7.11 Å². The first kappa shape index (κ1) is 11.4. The van der Waals surface area contributed by atoms with Gasteiger partial charge in [-0.25, -0.2) is 0 Å². The highest BCUT2D eigenvalue weighted by molar-refractivity contribution is 5.34. The molecule has 3 nitrogen and oxygen atoms in total. The van der Waals surface area contributed by atoms with Crippen molar-refractivity contribution in [2.24, 2.45) is 5.73 Å². The van der Waals surface area contributed by atoms with Crippen molar-refractivity contribution in [2.45, 2.75) is 25.9 Å². The zero-order chi connectivity index (χ0) is 11.5. The predicted octanol–water partition coefficient (Wildman–Crippen LogP) is 1.54. The van der Waals surface area contributed by atoms with Crippen molar-refractivity contribution in [3.05, 3.63) is 29.3 Å². The lowest BCUT2D eigenvalue weighted by atomic mass is 10.1. The minimum absolute atomic E-state index is 0.360. The fourth-order valence-corrected chi connectivity index (χ4v) is 2.22. The summed E-state index contributed by atoms with van der Waals surface area (Å²) >= 11 is 0. The second-order valence-corrected chi connectivity index (χ2v) is 4.58. The van der Waals surface area contributed by atoms with E-state index in [1.165, 1.54) is 11.1 Å². The van der Waals surface area contributed by atoms with Gasteiger partial charge in [0.2, 0.25) is 0 Å². The van der Waals surface area contributed by atoms with Gasteiger partial charge in [0.1, 0.15) is 5.75 Å². The van der Waals surface area contributed by atoms with Crippen LogP contribution in [0.5, 0.6) is 5.75 Å². The van der Waals surface area contributed by atoms with Crippen molar-refractivity contribution >= 4 is 0 Å². The van der Waals surface area contributed by atoms with Gasteiger partial charge in [-0.2, -0.15) is 0 Å². The lowest BCUT2D eigenvalue weighted by Gasteiger charge is -2.17. The molecule has 0 spiro atoms. The van der Waals surface area contributed by atoms with E-state index in [0.29, 0.717) is 6.04 Å². The first-order valence-corrected chi connectivity index (χ1v) is 5.80. The highest BCUT2D eigenvalue weighted by Gasteiger charge is 2.19. The van der Waals surface area contributed by atoms with Gasteiger partial charge in [-0.1, -0.05) is 6.07 Å². The molecule has 1 unspecified atom stereocenters. The van der Waals surface area contributed by atoms with E-state index in [0.717, 1.165) is 31.8 Å². The third-order valence-corrected chi connectivity index (χ3v) is 3.25. The Morgan fingerprint density at radius 2 is 2.31 bits per heavy atom. The molecule has 1 saturated heterocycles. The molecule has 1 aromatic carbocycles. The molecule has 2 N–H and O–H groups in total. The molecule has 0 aliphatic carbocycles. The lowest BCUT2D eigenvalue weighted by molar-refractivity contribution is 0.326. The van der Waals surface area contributed by atoms with Crippen LogP contribution < -0.4 is 10.5 Å². The summed E-state index contributed by atoms with van der Waals surface area (Å²) < 4.78 is 5.20. The van der Waals surface area contributed by atoms with Crippen LogP contribution in [-0.2, 0) is 6.54 Å². The Balaban J connectivity index is 2.04.